The molecule has 2 heterocycles. The first-order valence-electron chi connectivity index (χ1n) is 7.92. The van der Waals surface area contributed by atoms with Crippen LogP contribution in [0.3, 0.4) is 0 Å². The van der Waals surface area contributed by atoms with Crippen LogP contribution in [0, 0.1) is 5.92 Å². The van der Waals surface area contributed by atoms with E-state index in [-0.39, 0.29) is 0 Å². The van der Waals surface area contributed by atoms with Crippen LogP contribution in [0.25, 0.3) is 0 Å². The van der Waals surface area contributed by atoms with Crippen LogP contribution in [0.5, 0.6) is 0 Å². The van der Waals surface area contributed by atoms with Crippen molar-refractivity contribution in [1.82, 2.24) is 10.6 Å². The van der Waals surface area contributed by atoms with Crippen molar-refractivity contribution in [3.05, 3.63) is 35.4 Å². The van der Waals surface area contributed by atoms with Gasteiger partial charge in [-0.1, -0.05) is 24.3 Å². The van der Waals surface area contributed by atoms with Gasteiger partial charge < -0.3 is 10.6 Å². The van der Waals surface area contributed by atoms with Crippen LogP contribution >= 0.6 is 0 Å². The Balaban J connectivity index is 1.64. The molecular weight excluding hydrogens is 232 g/mol. The topological polar surface area (TPSA) is 24.1 Å². The molecule has 2 N–H and O–H groups in total. The van der Waals surface area contributed by atoms with Crippen molar-refractivity contribution in [2.24, 2.45) is 5.92 Å². The second kappa shape index (κ2) is 6.53. The smallest absolute Gasteiger partial charge is 0.00431 e. The second-order valence-corrected chi connectivity index (χ2v) is 6.17. The maximum atomic E-state index is 3.46. The van der Waals surface area contributed by atoms with Gasteiger partial charge in [0.1, 0.15) is 0 Å². The zero-order valence-electron chi connectivity index (χ0n) is 11.8. The van der Waals surface area contributed by atoms with Crippen LogP contribution in [-0.4, -0.2) is 26.2 Å². The molecule has 1 aromatic rings. The lowest BCUT2D eigenvalue weighted by molar-refractivity contribution is 0.372. The van der Waals surface area contributed by atoms with Gasteiger partial charge in [-0.25, -0.2) is 0 Å². The number of benzene rings is 1. The molecule has 2 nitrogen and oxygen atoms in total. The number of hydrogen-bond acceptors (Lipinski definition) is 2. The van der Waals surface area contributed by atoms with Crippen LogP contribution in [0.15, 0.2) is 24.3 Å². The minimum Gasteiger partial charge on any atom is -0.317 e. The van der Waals surface area contributed by atoms with Crippen LogP contribution in [0.4, 0.5) is 0 Å². The molecule has 2 saturated heterocycles. The molecule has 0 saturated carbocycles. The molecule has 104 valence electrons. The molecule has 0 aliphatic carbocycles. The van der Waals surface area contributed by atoms with E-state index in [0.717, 1.165) is 11.8 Å². The normalized spacial score (nSPS) is 22.5. The van der Waals surface area contributed by atoms with E-state index in [0.29, 0.717) is 0 Å². The molecule has 2 fully saturated rings. The molecule has 2 aliphatic heterocycles. The fourth-order valence-electron chi connectivity index (χ4n) is 3.55. The lowest BCUT2D eigenvalue weighted by Gasteiger charge is -2.25. The van der Waals surface area contributed by atoms with Gasteiger partial charge in [0.05, 0.1) is 0 Å². The highest BCUT2D eigenvalue weighted by molar-refractivity contribution is 5.27. The van der Waals surface area contributed by atoms with E-state index < -0.39 is 0 Å². The van der Waals surface area contributed by atoms with Gasteiger partial charge in [0, 0.05) is 0 Å². The summed E-state index contributed by atoms with van der Waals surface area (Å²) in [6, 6.07) is 9.42. The third kappa shape index (κ3) is 3.58. The van der Waals surface area contributed by atoms with E-state index in [2.05, 4.69) is 34.9 Å². The molecule has 1 aromatic carbocycles. The molecule has 0 unspecified atom stereocenters. The van der Waals surface area contributed by atoms with Gasteiger partial charge in [0.25, 0.3) is 0 Å². The predicted octanol–water partition coefficient (Wildman–Crippen LogP) is 2.70. The van der Waals surface area contributed by atoms with Crippen molar-refractivity contribution in [1.29, 1.82) is 0 Å². The highest BCUT2D eigenvalue weighted by Gasteiger charge is 2.17. The molecule has 0 atom stereocenters. The maximum Gasteiger partial charge on any atom is -0.00431 e. The van der Waals surface area contributed by atoms with Crippen molar-refractivity contribution in [3.63, 3.8) is 0 Å². The summed E-state index contributed by atoms with van der Waals surface area (Å²) in [5, 5.41) is 6.91. The third-order valence-corrected chi connectivity index (χ3v) is 4.74. The number of piperidine rings is 2. The third-order valence-electron chi connectivity index (χ3n) is 4.74. The van der Waals surface area contributed by atoms with Crippen LogP contribution < -0.4 is 10.6 Å². The summed E-state index contributed by atoms with van der Waals surface area (Å²) in [6.45, 7) is 4.78. The molecule has 0 aromatic heterocycles. The van der Waals surface area contributed by atoms with Gasteiger partial charge >= 0.3 is 0 Å². The zero-order chi connectivity index (χ0) is 12.9. The lowest BCUT2D eigenvalue weighted by atomic mass is 9.86. The fourth-order valence-corrected chi connectivity index (χ4v) is 3.55. The maximum absolute atomic E-state index is 3.46. The average Bonchev–Trinajstić information content (AvgIpc) is 2.49. The summed E-state index contributed by atoms with van der Waals surface area (Å²) < 4.78 is 0. The monoisotopic (exact) mass is 258 g/mol. The molecule has 19 heavy (non-hydrogen) atoms. The van der Waals surface area contributed by atoms with Gasteiger partial charge in [0.2, 0.25) is 0 Å². The second-order valence-electron chi connectivity index (χ2n) is 6.17. The minimum absolute atomic E-state index is 0.786. The predicted molar refractivity (Wildman–Crippen MR) is 80.6 cm³/mol. The Morgan fingerprint density at radius 1 is 0.895 bits per heavy atom. The summed E-state index contributed by atoms with van der Waals surface area (Å²) in [5.41, 5.74) is 3.14. The van der Waals surface area contributed by atoms with E-state index >= 15 is 0 Å². The molecule has 0 spiro atoms. The average molecular weight is 258 g/mol. The van der Waals surface area contributed by atoms with Crippen LogP contribution in [0.2, 0.25) is 0 Å². The number of rotatable bonds is 3. The lowest BCUT2D eigenvalue weighted by Crippen LogP contribution is -2.28. The Hall–Kier alpha value is -0.860. The van der Waals surface area contributed by atoms with Gasteiger partial charge in [-0.3, -0.25) is 0 Å². The first kappa shape index (κ1) is 13.1. The summed E-state index contributed by atoms with van der Waals surface area (Å²) in [6.07, 6.45) is 6.57. The largest absolute Gasteiger partial charge is 0.317 e. The van der Waals surface area contributed by atoms with E-state index in [4.69, 9.17) is 0 Å². The highest BCUT2D eigenvalue weighted by atomic mass is 14.9. The van der Waals surface area contributed by atoms with E-state index in [9.17, 15) is 0 Å². The first-order chi connectivity index (χ1) is 9.42. The summed E-state index contributed by atoms with van der Waals surface area (Å²) in [4.78, 5) is 0. The van der Waals surface area contributed by atoms with Crippen molar-refractivity contribution in [2.45, 2.75) is 38.0 Å². The number of nitrogens with one attached hydrogen (secondary N) is 2. The standard InChI is InChI=1S/C17H26N2/c1-2-15(12-14-4-8-18-9-5-14)13-17(3-1)16-6-10-19-11-7-16/h1-3,13-14,16,18-19H,4-12H2. The van der Waals surface area contributed by atoms with E-state index in [1.54, 1.807) is 11.1 Å². The first-order valence-corrected chi connectivity index (χ1v) is 7.92. The fraction of sp³-hybridized carbons (Fsp3) is 0.647. The quantitative estimate of drug-likeness (QED) is 0.871. The summed E-state index contributed by atoms with van der Waals surface area (Å²) >= 11 is 0. The molecule has 2 heteroatoms. The SMILES string of the molecule is c1cc(CC2CCNCC2)cc(C2CCNCC2)c1. The number of hydrogen-bond donors (Lipinski definition) is 2. The Kier molecular flexibility index (Phi) is 4.52. The van der Waals surface area contributed by atoms with Crippen LogP contribution in [0.1, 0.15) is 42.7 Å². The van der Waals surface area contributed by atoms with Crippen molar-refractivity contribution < 1.29 is 0 Å². The van der Waals surface area contributed by atoms with Gasteiger partial charge in [-0.15, -0.1) is 0 Å². The molecule has 0 bridgehead atoms. The summed E-state index contributed by atoms with van der Waals surface area (Å²) in [5.74, 6) is 1.68. The Bertz CT molecular complexity index is 390. The molecule has 2 aliphatic rings. The van der Waals surface area contributed by atoms with Crippen molar-refractivity contribution in [2.75, 3.05) is 26.2 Å². The van der Waals surface area contributed by atoms with Crippen molar-refractivity contribution in [3.8, 4) is 0 Å². The molecule has 3 rings (SSSR count). The van der Waals surface area contributed by atoms with Gasteiger partial charge in [-0.2, -0.15) is 0 Å². The van der Waals surface area contributed by atoms with Crippen molar-refractivity contribution >= 4 is 0 Å². The Morgan fingerprint density at radius 2 is 1.58 bits per heavy atom. The van der Waals surface area contributed by atoms with E-state index in [1.807, 2.05) is 0 Å². The molecule has 0 radical (unpaired) electrons. The highest BCUT2D eigenvalue weighted by Crippen LogP contribution is 2.27. The Morgan fingerprint density at radius 3 is 2.32 bits per heavy atom. The molecule has 0 amide bonds. The van der Waals surface area contributed by atoms with Gasteiger partial charge in [0.15, 0.2) is 0 Å². The minimum atomic E-state index is 0.786. The van der Waals surface area contributed by atoms with Crippen LogP contribution in [-0.2, 0) is 6.42 Å². The van der Waals surface area contributed by atoms with E-state index in [1.165, 1.54) is 58.3 Å². The van der Waals surface area contributed by atoms with Gasteiger partial charge in [-0.05, 0) is 81.2 Å². The summed E-state index contributed by atoms with van der Waals surface area (Å²) in [7, 11) is 0. The Labute approximate surface area is 117 Å². The molecular formula is C17H26N2. The zero-order valence-corrected chi connectivity index (χ0v) is 11.8.